The molecule has 0 radical (unpaired) electrons. The summed E-state index contributed by atoms with van der Waals surface area (Å²) in [6, 6.07) is 0. The monoisotopic (exact) mass is 229 g/mol. The second kappa shape index (κ2) is 5.46. The third-order valence-electron chi connectivity index (χ3n) is 4.16. The van der Waals surface area contributed by atoms with E-state index in [0.29, 0.717) is 18.6 Å². The number of hydrogen-bond acceptors (Lipinski definition) is 2. The van der Waals surface area contributed by atoms with Crippen molar-refractivity contribution < 1.29 is 9.13 Å². The summed E-state index contributed by atoms with van der Waals surface area (Å²) in [5.74, 6) is 0.868. The average molecular weight is 229 g/mol. The van der Waals surface area contributed by atoms with Crippen molar-refractivity contribution >= 4 is 0 Å². The van der Waals surface area contributed by atoms with E-state index in [-0.39, 0.29) is 5.92 Å². The summed E-state index contributed by atoms with van der Waals surface area (Å²) in [6.45, 7) is 7.72. The van der Waals surface area contributed by atoms with Gasteiger partial charge in [0.2, 0.25) is 0 Å². The zero-order chi connectivity index (χ0) is 11.5. The van der Waals surface area contributed by atoms with Crippen molar-refractivity contribution in [3.05, 3.63) is 0 Å². The van der Waals surface area contributed by atoms with Crippen LogP contribution in [-0.4, -0.2) is 43.4 Å². The zero-order valence-corrected chi connectivity index (χ0v) is 10.5. The average Bonchev–Trinajstić information content (AvgIpc) is 2.27. The summed E-state index contributed by atoms with van der Waals surface area (Å²) in [5.41, 5.74) is 0. The number of rotatable bonds is 2. The molecule has 16 heavy (non-hydrogen) atoms. The predicted octanol–water partition coefficient (Wildman–Crippen LogP) is 2.48. The van der Waals surface area contributed by atoms with E-state index in [1.165, 1.54) is 12.8 Å². The minimum absolute atomic E-state index is 0.237. The predicted molar refractivity (Wildman–Crippen MR) is 63.3 cm³/mol. The molecule has 2 heterocycles. The quantitative estimate of drug-likeness (QED) is 0.721. The van der Waals surface area contributed by atoms with Gasteiger partial charge >= 0.3 is 0 Å². The molecule has 0 N–H and O–H groups in total. The first-order valence-corrected chi connectivity index (χ1v) is 6.65. The molecule has 0 amide bonds. The number of halogens is 1. The lowest BCUT2D eigenvalue weighted by atomic mass is 9.93. The maximum Gasteiger partial charge on any atom is 0.115 e. The summed E-state index contributed by atoms with van der Waals surface area (Å²) in [7, 11) is 0. The van der Waals surface area contributed by atoms with Crippen LogP contribution in [-0.2, 0) is 4.74 Å². The minimum Gasteiger partial charge on any atom is -0.377 e. The molecule has 0 saturated carbocycles. The standard InChI is InChI=1S/C13H24FNO/c1-10-5-6-15(8-12(10)14)9-13-11(2)4-3-7-16-13/h10-13H,3-9H2,1-2H3. The molecule has 2 aliphatic rings. The van der Waals surface area contributed by atoms with Crippen molar-refractivity contribution in [1.29, 1.82) is 0 Å². The molecule has 0 bridgehead atoms. The summed E-state index contributed by atoms with van der Waals surface area (Å²) in [5, 5.41) is 0. The van der Waals surface area contributed by atoms with E-state index in [9.17, 15) is 4.39 Å². The molecule has 0 aromatic heterocycles. The van der Waals surface area contributed by atoms with Crippen molar-refractivity contribution in [2.24, 2.45) is 11.8 Å². The van der Waals surface area contributed by atoms with Crippen LogP contribution in [0.15, 0.2) is 0 Å². The highest BCUT2D eigenvalue weighted by Gasteiger charge is 2.30. The Labute approximate surface area is 98.1 Å². The topological polar surface area (TPSA) is 12.5 Å². The number of nitrogens with zero attached hydrogens (tertiary/aromatic N) is 1. The molecule has 2 saturated heterocycles. The van der Waals surface area contributed by atoms with E-state index in [1.54, 1.807) is 0 Å². The summed E-state index contributed by atoms with van der Waals surface area (Å²) >= 11 is 0. The van der Waals surface area contributed by atoms with E-state index < -0.39 is 6.17 Å². The zero-order valence-electron chi connectivity index (χ0n) is 10.5. The van der Waals surface area contributed by atoms with Crippen molar-refractivity contribution in [2.45, 2.75) is 45.4 Å². The van der Waals surface area contributed by atoms with Crippen LogP contribution in [0.4, 0.5) is 4.39 Å². The highest BCUT2D eigenvalue weighted by atomic mass is 19.1. The molecule has 0 aromatic carbocycles. The van der Waals surface area contributed by atoms with Gasteiger partial charge in [-0.15, -0.1) is 0 Å². The van der Waals surface area contributed by atoms with Gasteiger partial charge in [0, 0.05) is 19.7 Å². The third kappa shape index (κ3) is 2.95. The molecule has 2 rings (SSSR count). The Morgan fingerprint density at radius 1 is 1.25 bits per heavy atom. The first-order chi connectivity index (χ1) is 7.66. The van der Waals surface area contributed by atoms with Crippen LogP contribution in [0.1, 0.15) is 33.1 Å². The van der Waals surface area contributed by atoms with Crippen molar-refractivity contribution in [3.8, 4) is 0 Å². The first kappa shape index (κ1) is 12.3. The molecular formula is C13H24FNO. The summed E-state index contributed by atoms with van der Waals surface area (Å²) in [4.78, 5) is 2.25. The van der Waals surface area contributed by atoms with Crippen LogP contribution in [0, 0.1) is 11.8 Å². The van der Waals surface area contributed by atoms with Gasteiger partial charge in [-0.2, -0.15) is 0 Å². The molecule has 2 fully saturated rings. The highest BCUT2D eigenvalue weighted by molar-refractivity contribution is 4.81. The number of likely N-dealkylation sites (tertiary alicyclic amines) is 1. The molecule has 4 unspecified atom stereocenters. The molecule has 4 atom stereocenters. The smallest absolute Gasteiger partial charge is 0.115 e. The van der Waals surface area contributed by atoms with Crippen LogP contribution in [0.3, 0.4) is 0 Å². The fourth-order valence-corrected chi connectivity index (χ4v) is 2.73. The van der Waals surface area contributed by atoms with Crippen LogP contribution in [0.25, 0.3) is 0 Å². The molecule has 2 nitrogen and oxygen atoms in total. The molecule has 94 valence electrons. The van der Waals surface area contributed by atoms with Gasteiger partial charge in [-0.3, -0.25) is 4.90 Å². The van der Waals surface area contributed by atoms with Crippen molar-refractivity contribution in [3.63, 3.8) is 0 Å². The largest absolute Gasteiger partial charge is 0.377 e. The van der Waals surface area contributed by atoms with Gasteiger partial charge in [0.05, 0.1) is 6.10 Å². The maximum absolute atomic E-state index is 13.6. The van der Waals surface area contributed by atoms with Crippen molar-refractivity contribution in [2.75, 3.05) is 26.2 Å². The number of ether oxygens (including phenoxy) is 1. The SMILES string of the molecule is CC1CCN(CC2OCCCC2C)CC1F. The molecular weight excluding hydrogens is 205 g/mol. The van der Waals surface area contributed by atoms with E-state index in [4.69, 9.17) is 4.74 Å². The van der Waals surface area contributed by atoms with E-state index in [2.05, 4.69) is 11.8 Å². The molecule has 3 heteroatoms. The molecule has 0 spiro atoms. The Bertz CT molecular complexity index is 224. The van der Waals surface area contributed by atoms with Crippen LogP contribution < -0.4 is 0 Å². The van der Waals surface area contributed by atoms with Gasteiger partial charge in [-0.05, 0) is 37.6 Å². The number of piperidine rings is 1. The summed E-state index contributed by atoms with van der Waals surface area (Å²) in [6.07, 6.45) is 3.11. The minimum atomic E-state index is -0.646. The Kier molecular flexibility index (Phi) is 4.20. The Morgan fingerprint density at radius 3 is 2.75 bits per heavy atom. The number of hydrogen-bond donors (Lipinski definition) is 0. The Hall–Kier alpha value is -0.150. The second-order valence-electron chi connectivity index (χ2n) is 5.57. The lowest BCUT2D eigenvalue weighted by Crippen LogP contribution is -2.46. The van der Waals surface area contributed by atoms with Gasteiger partial charge in [0.1, 0.15) is 6.17 Å². The summed E-state index contributed by atoms with van der Waals surface area (Å²) < 4.78 is 19.4. The van der Waals surface area contributed by atoms with Crippen LogP contribution >= 0.6 is 0 Å². The first-order valence-electron chi connectivity index (χ1n) is 6.65. The van der Waals surface area contributed by atoms with E-state index in [1.807, 2.05) is 6.92 Å². The molecule has 0 aliphatic carbocycles. The Morgan fingerprint density at radius 2 is 2.06 bits per heavy atom. The highest BCUT2D eigenvalue weighted by Crippen LogP contribution is 2.24. The van der Waals surface area contributed by atoms with Gasteiger partial charge in [0.15, 0.2) is 0 Å². The lowest BCUT2D eigenvalue weighted by Gasteiger charge is -2.38. The van der Waals surface area contributed by atoms with E-state index >= 15 is 0 Å². The number of alkyl halides is 1. The van der Waals surface area contributed by atoms with Gasteiger partial charge < -0.3 is 4.74 Å². The molecule has 2 aliphatic heterocycles. The van der Waals surface area contributed by atoms with Gasteiger partial charge in [0.25, 0.3) is 0 Å². The second-order valence-corrected chi connectivity index (χ2v) is 5.57. The van der Waals surface area contributed by atoms with Crippen molar-refractivity contribution in [1.82, 2.24) is 4.90 Å². The Balaban J connectivity index is 1.80. The van der Waals surface area contributed by atoms with Gasteiger partial charge in [-0.25, -0.2) is 4.39 Å². The van der Waals surface area contributed by atoms with Gasteiger partial charge in [-0.1, -0.05) is 13.8 Å². The van der Waals surface area contributed by atoms with Crippen LogP contribution in [0.2, 0.25) is 0 Å². The molecule has 0 aromatic rings. The third-order valence-corrected chi connectivity index (χ3v) is 4.16. The normalized spacial score (nSPS) is 42.2. The lowest BCUT2D eigenvalue weighted by molar-refractivity contribution is -0.0484. The fourth-order valence-electron chi connectivity index (χ4n) is 2.73. The fraction of sp³-hybridized carbons (Fsp3) is 1.00. The maximum atomic E-state index is 13.6. The van der Waals surface area contributed by atoms with Crippen LogP contribution in [0.5, 0.6) is 0 Å². The van der Waals surface area contributed by atoms with E-state index in [0.717, 1.165) is 26.1 Å².